The third-order valence-corrected chi connectivity index (χ3v) is 14.0. The third-order valence-electron chi connectivity index (χ3n) is 14.0. The van der Waals surface area contributed by atoms with Gasteiger partial charge in [0.05, 0.1) is 11.8 Å². The first kappa shape index (κ1) is 25.1. The summed E-state index contributed by atoms with van der Waals surface area (Å²) in [6, 6.07) is 0. The van der Waals surface area contributed by atoms with Gasteiger partial charge >= 0.3 is 0 Å². The summed E-state index contributed by atoms with van der Waals surface area (Å²) in [4.78, 5) is 5.18. The Bertz CT molecular complexity index is 865. The van der Waals surface area contributed by atoms with Crippen LogP contribution >= 0.6 is 0 Å². The Morgan fingerprint density at radius 2 is 1.38 bits per heavy atom. The number of nitrogens with zero attached hydrogens (tertiary/aromatic N) is 1. The second-order valence-corrected chi connectivity index (χ2v) is 15.7. The molecular weight excluding hydrogens is 418 g/mol. The molecule has 194 valence electrons. The van der Waals surface area contributed by atoms with Crippen molar-refractivity contribution in [3.05, 3.63) is 0 Å². The lowest BCUT2D eigenvalue weighted by Crippen LogP contribution is -2.68. The maximum atomic E-state index is 11.2. The van der Waals surface area contributed by atoms with Crippen LogP contribution in [0.25, 0.3) is 0 Å². The molecule has 0 bridgehead atoms. The summed E-state index contributed by atoms with van der Waals surface area (Å²) in [5.41, 5.74) is 3.22. The van der Waals surface area contributed by atoms with E-state index >= 15 is 0 Å². The first-order valence-corrected chi connectivity index (χ1v) is 14.5. The van der Waals surface area contributed by atoms with Gasteiger partial charge in [0.15, 0.2) is 0 Å². The molecule has 0 radical (unpaired) electrons. The van der Waals surface area contributed by atoms with Crippen molar-refractivity contribution in [2.24, 2.45) is 61.3 Å². The Hall–Kier alpha value is -0.570. The second-order valence-electron chi connectivity index (χ2n) is 15.7. The van der Waals surface area contributed by atoms with Gasteiger partial charge in [0.2, 0.25) is 0 Å². The maximum absolute atomic E-state index is 11.2. The predicted molar refractivity (Wildman–Crippen MR) is 141 cm³/mol. The minimum atomic E-state index is -0.460. The number of rotatable bonds is 1. The molecule has 0 aromatic carbocycles. The topological polar surface area (TPSA) is 41.8 Å². The molecule has 0 spiro atoms. The van der Waals surface area contributed by atoms with Crippen molar-refractivity contribution in [1.82, 2.24) is 0 Å². The Morgan fingerprint density at radius 1 is 0.765 bits per heavy atom. The summed E-state index contributed by atoms with van der Waals surface area (Å²) >= 11 is 0. The Kier molecular flexibility index (Phi) is 5.52. The van der Waals surface area contributed by atoms with Crippen LogP contribution < -0.4 is 0 Å². The molecule has 0 saturated heterocycles. The Labute approximate surface area is 209 Å². The zero-order valence-electron chi connectivity index (χ0n) is 23.8. The molecule has 10 atom stereocenters. The number of oxime groups is 1. The lowest BCUT2D eigenvalue weighted by Gasteiger charge is -2.75. The normalized spacial score (nSPS) is 57.7. The molecule has 1 N–H and O–H groups in total. The molecule has 5 saturated carbocycles. The predicted octanol–water partition coefficient (Wildman–Crippen LogP) is 7.86. The van der Waals surface area contributed by atoms with E-state index < -0.39 is 6.10 Å². The monoisotopic (exact) mass is 471 g/mol. The number of hydrogen-bond acceptors (Lipinski definition) is 3. The molecule has 5 aliphatic carbocycles. The SMILES string of the molecule is CO/N=C1/[C@H](O)C[C@@H]2[C@](C)(CC[C@@H]3[C@]2(C)CC[C@@]2(C)[C@H]4CC(C)(C)CC[C@]4(C)CC[C@]32C)[C@@H]1C. The van der Waals surface area contributed by atoms with Gasteiger partial charge in [-0.15, -0.1) is 0 Å². The fourth-order valence-electron chi connectivity index (χ4n) is 11.4. The summed E-state index contributed by atoms with van der Waals surface area (Å²) in [5.74, 6) is 2.43. The summed E-state index contributed by atoms with van der Waals surface area (Å²) < 4.78 is 0. The van der Waals surface area contributed by atoms with Gasteiger partial charge in [-0.1, -0.05) is 60.5 Å². The van der Waals surface area contributed by atoms with Gasteiger partial charge in [0, 0.05) is 5.92 Å². The average Bonchev–Trinajstić information content (AvgIpc) is 2.76. The van der Waals surface area contributed by atoms with E-state index in [1.165, 1.54) is 57.8 Å². The summed E-state index contributed by atoms with van der Waals surface area (Å²) in [6.07, 6.45) is 12.7. The van der Waals surface area contributed by atoms with Crippen LogP contribution in [0, 0.1) is 56.2 Å². The van der Waals surface area contributed by atoms with Crippen molar-refractivity contribution in [2.45, 2.75) is 126 Å². The van der Waals surface area contributed by atoms with Crippen LogP contribution in [0.3, 0.4) is 0 Å². The molecule has 0 aromatic rings. The first-order valence-electron chi connectivity index (χ1n) is 14.5. The van der Waals surface area contributed by atoms with Crippen molar-refractivity contribution < 1.29 is 9.94 Å². The van der Waals surface area contributed by atoms with Gasteiger partial charge in [-0.25, -0.2) is 0 Å². The first-order chi connectivity index (χ1) is 15.7. The van der Waals surface area contributed by atoms with Crippen LogP contribution in [0.2, 0.25) is 0 Å². The Balaban J connectivity index is 1.54. The lowest BCUT2D eigenvalue weighted by molar-refractivity contribution is -0.256. The van der Waals surface area contributed by atoms with E-state index in [4.69, 9.17) is 4.84 Å². The second kappa shape index (κ2) is 7.48. The molecular formula is C31H53NO2. The fraction of sp³-hybridized carbons (Fsp3) is 0.968. The molecule has 5 fully saturated rings. The fourth-order valence-corrected chi connectivity index (χ4v) is 11.4. The van der Waals surface area contributed by atoms with Crippen LogP contribution in [0.4, 0.5) is 0 Å². The largest absolute Gasteiger partial charge is 0.399 e. The van der Waals surface area contributed by atoms with E-state index in [1.54, 1.807) is 7.11 Å². The highest BCUT2D eigenvalue weighted by molar-refractivity contribution is 5.91. The highest BCUT2D eigenvalue weighted by Gasteiger charge is 2.71. The van der Waals surface area contributed by atoms with Gasteiger partial charge in [0.25, 0.3) is 0 Å². The molecule has 3 nitrogen and oxygen atoms in total. The standard InChI is InChI=1S/C31H53NO2/c1-20-25(32-34-9)21(33)18-23-28(20,5)11-10-22-29(23,6)15-17-31(8)24-19-26(2,3)12-13-27(24,4)14-16-30(22,31)7/h20-24,33H,10-19H2,1-9H3/b32-25+/t20-,21-,22-,23-,24+,27-,28-,29+,30-,31+/m1/s1. The molecule has 5 rings (SSSR count). The molecule has 5 aliphatic rings. The van der Waals surface area contributed by atoms with Gasteiger partial charge < -0.3 is 9.94 Å². The van der Waals surface area contributed by atoms with Crippen LogP contribution in [0.5, 0.6) is 0 Å². The quantitative estimate of drug-likeness (QED) is 0.395. The summed E-state index contributed by atoms with van der Waals surface area (Å²) in [7, 11) is 1.62. The maximum Gasteiger partial charge on any atom is 0.106 e. The number of aliphatic hydroxyl groups excluding tert-OH is 1. The molecule has 0 amide bonds. The van der Waals surface area contributed by atoms with Crippen LogP contribution in [0.1, 0.15) is 120 Å². The van der Waals surface area contributed by atoms with Crippen LogP contribution in [-0.2, 0) is 4.84 Å². The lowest BCUT2D eigenvalue weighted by atomic mass is 9.30. The van der Waals surface area contributed by atoms with Crippen molar-refractivity contribution in [1.29, 1.82) is 0 Å². The van der Waals surface area contributed by atoms with Crippen molar-refractivity contribution >= 4 is 5.71 Å². The summed E-state index contributed by atoms with van der Waals surface area (Å²) in [6.45, 7) is 20.6. The van der Waals surface area contributed by atoms with E-state index in [0.29, 0.717) is 33.0 Å². The van der Waals surface area contributed by atoms with E-state index in [-0.39, 0.29) is 11.3 Å². The zero-order valence-corrected chi connectivity index (χ0v) is 23.8. The van der Waals surface area contributed by atoms with Crippen molar-refractivity contribution in [3.63, 3.8) is 0 Å². The number of fused-ring (bicyclic) bond motifs is 7. The van der Waals surface area contributed by atoms with Crippen molar-refractivity contribution in [2.75, 3.05) is 7.11 Å². The van der Waals surface area contributed by atoms with E-state index in [2.05, 4.69) is 60.5 Å². The van der Waals surface area contributed by atoms with Gasteiger partial charge in [-0.2, -0.15) is 0 Å². The average molecular weight is 472 g/mol. The minimum Gasteiger partial charge on any atom is -0.399 e. The molecule has 3 heteroatoms. The summed E-state index contributed by atoms with van der Waals surface area (Å²) in [5, 5.41) is 15.5. The highest BCUT2D eigenvalue weighted by atomic mass is 16.6. The Morgan fingerprint density at radius 3 is 2.06 bits per heavy atom. The van der Waals surface area contributed by atoms with Gasteiger partial charge in [-0.3, -0.25) is 0 Å². The van der Waals surface area contributed by atoms with Crippen LogP contribution in [0.15, 0.2) is 5.16 Å². The van der Waals surface area contributed by atoms with Crippen molar-refractivity contribution in [3.8, 4) is 0 Å². The molecule has 0 aliphatic heterocycles. The highest BCUT2D eigenvalue weighted by Crippen LogP contribution is 2.78. The number of aliphatic hydroxyl groups is 1. The van der Waals surface area contributed by atoms with E-state index in [1.807, 2.05) is 0 Å². The molecule has 0 unspecified atom stereocenters. The minimum absolute atomic E-state index is 0.196. The zero-order chi connectivity index (χ0) is 24.9. The molecule has 34 heavy (non-hydrogen) atoms. The smallest absolute Gasteiger partial charge is 0.106 e. The van der Waals surface area contributed by atoms with Gasteiger partial charge in [0.1, 0.15) is 7.11 Å². The van der Waals surface area contributed by atoms with E-state index in [9.17, 15) is 5.11 Å². The van der Waals surface area contributed by atoms with E-state index in [0.717, 1.165) is 24.0 Å². The van der Waals surface area contributed by atoms with Gasteiger partial charge in [-0.05, 0) is 114 Å². The molecule has 0 aromatic heterocycles. The van der Waals surface area contributed by atoms with Crippen LogP contribution in [-0.4, -0.2) is 24.0 Å². The third kappa shape index (κ3) is 3.07. The molecule has 0 heterocycles. The number of hydrogen-bond donors (Lipinski definition) is 1.